The van der Waals surface area contributed by atoms with Gasteiger partial charge in [0.25, 0.3) is 0 Å². The van der Waals surface area contributed by atoms with Gasteiger partial charge in [0.05, 0.1) is 11.1 Å². The summed E-state index contributed by atoms with van der Waals surface area (Å²) in [4.78, 5) is 22.8. The van der Waals surface area contributed by atoms with Crippen LogP contribution in [0.15, 0.2) is 12.1 Å². The zero-order valence-electron chi connectivity index (χ0n) is 12.4. The Bertz CT molecular complexity index is 519. The van der Waals surface area contributed by atoms with E-state index >= 15 is 0 Å². The summed E-state index contributed by atoms with van der Waals surface area (Å²) in [5.74, 6) is -2.13. The predicted molar refractivity (Wildman–Crippen MR) is 77.8 cm³/mol. The highest BCUT2D eigenvalue weighted by molar-refractivity contribution is 6.03. The maximum absolute atomic E-state index is 11.6. The second kappa shape index (κ2) is 6.55. The average molecular weight is 278 g/mol. The number of carboxylic acid groups (broad SMARTS) is 2. The van der Waals surface area contributed by atoms with Crippen LogP contribution in [0.1, 0.15) is 84.2 Å². The van der Waals surface area contributed by atoms with Crippen molar-refractivity contribution in [3.8, 4) is 0 Å². The summed E-state index contributed by atoms with van der Waals surface area (Å²) >= 11 is 0. The van der Waals surface area contributed by atoms with Crippen LogP contribution in [-0.4, -0.2) is 22.2 Å². The molecule has 0 fully saturated rings. The lowest BCUT2D eigenvalue weighted by Crippen LogP contribution is -2.16. The molecule has 0 bridgehead atoms. The van der Waals surface area contributed by atoms with E-state index in [-0.39, 0.29) is 23.0 Å². The van der Waals surface area contributed by atoms with Gasteiger partial charge in [-0.05, 0) is 41.9 Å². The van der Waals surface area contributed by atoms with Crippen molar-refractivity contribution in [2.75, 3.05) is 0 Å². The van der Waals surface area contributed by atoms with Gasteiger partial charge in [-0.25, -0.2) is 9.59 Å². The quantitative estimate of drug-likeness (QED) is 0.821. The third-order valence-electron chi connectivity index (χ3n) is 3.97. The number of hydrogen-bond donors (Lipinski definition) is 2. The van der Waals surface area contributed by atoms with Crippen molar-refractivity contribution in [1.29, 1.82) is 0 Å². The van der Waals surface area contributed by atoms with Gasteiger partial charge in [-0.2, -0.15) is 0 Å². The summed E-state index contributed by atoms with van der Waals surface area (Å²) in [6.45, 7) is 7.99. The van der Waals surface area contributed by atoms with E-state index in [1.54, 1.807) is 6.07 Å². The Kier molecular flexibility index (Phi) is 5.31. The minimum Gasteiger partial charge on any atom is -0.478 e. The Morgan fingerprint density at radius 3 is 1.95 bits per heavy atom. The Labute approximate surface area is 119 Å². The first-order valence-corrected chi connectivity index (χ1v) is 6.98. The third-order valence-corrected chi connectivity index (χ3v) is 3.97. The van der Waals surface area contributed by atoms with Crippen LogP contribution in [0.5, 0.6) is 0 Å². The monoisotopic (exact) mass is 278 g/mol. The zero-order chi connectivity index (χ0) is 15.4. The number of carbonyl (C=O) groups is 2. The van der Waals surface area contributed by atoms with Gasteiger partial charge in [0, 0.05) is 0 Å². The lowest BCUT2D eigenvalue weighted by atomic mass is 9.81. The Morgan fingerprint density at radius 1 is 1.00 bits per heavy atom. The fraction of sp³-hybridized carbons (Fsp3) is 0.500. The largest absolute Gasteiger partial charge is 0.478 e. The molecule has 4 nitrogen and oxygen atoms in total. The highest BCUT2D eigenvalue weighted by atomic mass is 16.4. The normalized spacial score (nSPS) is 13.8. The fourth-order valence-corrected chi connectivity index (χ4v) is 2.43. The van der Waals surface area contributed by atoms with E-state index in [2.05, 4.69) is 0 Å². The molecule has 2 unspecified atom stereocenters. The molecule has 0 aliphatic rings. The van der Waals surface area contributed by atoms with Crippen LogP contribution >= 0.6 is 0 Å². The van der Waals surface area contributed by atoms with Gasteiger partial charge in [0.2, 0.25) is 0 Å². The van der Waals surface area contributed by atoms with E-state index in [9.17, 15) is 19.8 Å². The molecule has 1 rings (SSSR count). The van der Waals surface area contributed by atoms with Crippen molar-refractivity contribution in [1.82, 2.24) is 0 Å². The lowest BCUT2D eigenvalue weighted by molar-refractivity contribution is 0.0650. The number of benzene rings is 1. The number of aromatic carboxylic acids is 2. The zero-order valence-corrected chi connectivity index (χ0v) is 12.4. The lowest BCUT2D eigenvalue weighted by Gasteiger charge is -2.22. The van der Waals surface area contributed by atoms with Crippen molar-refractivity contribution >= 4 is 11.9 Å². The van der Waals surface area contributed by atoms with E-state index in [1.807, 2.05) is 27.7 Å². The number of carboxylic acids is 2. The molecule has 2 N–H and O–H groups in total. The highest BCUT2D eigenvalue weighted by Gasteiger charge is 2.26. The van der Waals surface area contributed by atoms with Crippen molar-refractivity contribution in [3.05, 3.63) is 34.4 Å². The molecule has 2 atom stereocenters. The van der Waals surface area contributed by atoms with Crippen LogP contribution in [-0.2, 0) is 0 Å². The van der Waals surface area contributed by atoms with Gasteiger partial charge < -0.3 is 10.2 Å². The van der Waals surface area contributed by atoms with E-state index in [4.69, 9.17) is 0 Å². The van der Waals surface area contributed by atoms with Gasteiger partial charge in [-0.15, -0.1) is 0 Å². The van der Waals surface area contributed by atoms with Crippen LogP contribution in [0.4, 0.5) is 0 Å². The smallest absolute Gasteiger partial charge is 0.336 e. The molecule has 110 valence electrons. The van der Waals surface area contributed by atoms with Gasteiger partial charge in [-0.1, -0.05) is 33.8 Å². The Balaban J connectivity index is 3.70. The van der Waals surface area contributed by atoms with Crippen LogP contribution in [0.2, 0.25) is 0 Å². The summed E-state index contributed by atoms with van der Waals surface area (Å²) in [5.41, 5.74) is 1.45. The summed E-state index contributed by atoms with van der Waals surface area (Å²) < 4.78 is 0. The molecule has 1 aromatic carbocycles. The van der Waals surface area contributed by atoms with Crippen LogP contribution in [0.25, 0.3) is 0 Å². The standard InChI is InChI=1S/C16H22O4/c1-5-9(3)11-7-8-12(15(17)18)14(16(19)20)13(11)10(4)6-2/h7-10H,5-6H2,1-4H3,(H,17,18)(H,19,20). The molecule has 0 aromatic heterocycles. The second-order valence-electron chi connectivity index (χ2n) is 5.22. The first kappa shape index (κ1) is 16.2. The molecule has 0 saturated heterocycles. The molecule has 0 radical (unpaired) electrons. The maximum Gasteiger partial charge on any atom is 0.336 e. The Morgan fingerprint density at radius 2 is 1.55 bits per heavy atom. The fourth-order valence-electron chi connectivity index (χ4n) is 2.43. The molecule has 0 spiro atoms. The van der Waals surface area contributed by atoms with Crippen molar-refractivity contribution in [2.24, 2.45) is 0 Å². The number of hydrogen-bond acceptors (Lipinski definition) is 2. The molecule has 4 heteroatoms. The maximum atomic E-state index is 11.6. The van der Waals surface area contributed by atoms with Crippen molar-refractivity contribution in [2.45, 2.75) is 52.4 Å². The molecule has 20 heavy (non-hydrogen) atoms. The van der Waals surface area contributed by atoms with E-state index < -0.39 is 11.9 Å². The van der Waals surface area contributed by atoms with Gasteiger partial charge in [-0.3, -0.25) is 0 Å². The minimum absolute atomic E-state index is 0.0180. The van der Waals surface area contributed by atoms with E-state index in [0.717, 1.165) is 18.4 Å². The van der Waals surface area contributed by atoms with Crippen molar-refractivity contribution in [3.63, 3.8) is 0 Å². The molecule has 1 aromatic rings. The molecule has 0 heterocycles. The first-order valence-electron chi connectivity index (χ1n) is 6.98. The minimum atomic E-state index is -1.19. The average Bonchev–Trinajstić information content (AvgIpc) is 2.43. The molecule has 0 aliphatic heterocycles. The first-order chi connectivity index (χ1) is 9.34. The molecular weight excluding hydrogens is 256 g/mol. The summed E-state index contributed by atoms with van der Waals surface area (Å²) in [7, 11) is 0. The second-order valence-corrected chi connectivity index (χ2v) is 5.22. The predicted octanol–water partition coefficient (Wildman–Crippen LogP) is 4.11. The topological polar surface area (TPSA) is 74.6 Å². The molecular formula is C16H22O4. The highest BCUT2D eigenvalue weighted by Crippen LogP contribution is 2.34. The van der Waals surface area contributed by atoms with E-state index in [1.165, 1.54) is 6.07 Å². The van der Waals surface area contributed by atoms with Crippen molar-refractivity contribution < 1.29 is 19.8 Å². The summed E-state index contributed by atoms with van der Waals surface area (Å²) in [5, 5.41) is 18.7. The number of rotatable bonds is 6. The van der Waals surface area contributed by atoms with Crippen LogP contribution in [0, 0.1) is 0 Å². The summed E-state index contributed by atoms with van der Waals surface area (Å²) in [6, 6.07) is 3.19. The molecule has 0 aliphatic carbocycles. The molecule has 0 saturated carbocycles. The van der Waals surface area contributed by atoms with Gasteiger partial charge in [0.1, 0.15) is 0 Å². The van der Waals surface area contributed by atoms with Gasteiger partial charge >= 0.3 is 11.9 Å². The SMILES string of the molecule is CCC(C)c1ccc(C(=O)O)c(C(=O)O)c1C(C)CC. The van der Waals surface area contributed by atoms with E-state index in [0.29, 0.717) is 5.56 Å². The molecule has 0 amide bonds. The third kappa shape index (κ3) is 3.00. The summed E-state index contributed by atoms with van der Waals surface area (Å²) in [6.07, 6.45) is 1.65. The van der Waals surface area contributed by atoms with Crippen LogP contribution < -0.4 is 0 Å². The van der Waals surface area contributed by atoms with Gasteiger partial charge in [0.15, 0.2) is 0 Å². The van der Waals surface area contributed by atoms with Crippen LogP contribution in [0.3, 0.4) is 0 Å². The Hall–Kier alpha value is -1.84.